The first-order valence-electron chi connectivity index (χ1n) is 5.52. The summed E-state index contributed by atoms with van der Waals surface area (Å²) in [4.78, 5) is 11.2. The fraction of sp³-hybridized carbons (Fsp3) is 0.700. The Labute approximate surface area is 105 Å². The monoisotopic (exact) mass is 258 g/mol. The number of hydrogen-bond acceptors (Lipinski definition) is 6. The molecular weight excluding hydrogens is 240 g/mol. The molecule has 0 saturated carbocycles. The molecule has 1 aromatic heterocycles. The number of nitrogens with zero attached hydrogens (tertiary/aromatic N) is 3. The molecule has 0 saturated heterocycles. The van der Waals surface area contributed by atoms with E-state index < -0.39 is 0 Å². The Balaban J connectivity index is 2.71. The van der Waals surface area contributed by atoms with Crippen LogP contribution in [0.4, 0.5) is 0 Å². The van der Waals surface area contributed by atoms with Gasteiger partial charge in [0.2, 0.25) is 0 Å². The van der Waals surface area contributed by atoms with E-state index in [4.69, 9.17) is 10.5 Å². The number of carbonyl (C=O) groups is 1. The van der Waals surface area contributed by atoms with E-state index in [1.807, 2.05) is 18.4 Å². The Morgan fingerprint density at radius 3 is 2.76 bits per heavy atom. The van der Waals surface area contributed by atoms with Crippen molar-refractivity contribution in [2.75, 3.05) is 12.4 Å². The van der Waals surface area contributed by atoms with Gasteiger partial charge in [-0.1, -0.05) is 11.8 Å². The summed E-state index contributed by atoms with van der Waals surface area (Å²) in [6.07, 6.45) is 0. The lowest BCUT2D eigenvalue weighted by atomic mass is 10.4. The highest BCUT2D eigenvalue weighted by molar-refractivity contribution is 7.99. The summed E-state index contributed by atoms with van der Waals surface area (Å²) in [5.74, 6) is 0.722. The van der Waals surface area contributed by atoms with Crippen LogP contribution in [0.15, 0.2) is 5.16 Å². The minimum atomic E-state index is -0.245. The van der Waals surface area contributed by atoms with Gasteiger partial charge in [0.05, 0.1) is 18.9 Å². The van der Waals surface area contributed by atoms with Crippen LogP contribution in [0.5, 0.6) is 0 Å². The average molecular weight is 258 g/mol. The highest BCUT2D eigenvalue weighted by Crippen LogP contribution is 2.21. The van der Waals surface area contributed by atoms with Gasteiger partial charge in [-0.25, -0.2) is 0 Å². The molecule has 0 unspecified atom stereocenters. The molecule has 17 heavy (non-hydrogen) atoms. The van der Waals surface area contributed by atoms with E-state index in [-0.39, 0.29) is 17.8 Å². The maximum Gasteiger partial charge on any atom is 0.316 e. The smallest absolute Gasteiger partial charge is 0.316 e. The fourth-order valence-corrected chi connectivity index (χ4v) is 2.27. The predicted molar refractivity (Wildman–Crippen MR) is 65.7 cm³/mol. The molecular formula is C10H18N4O2S. The summed E-state index contributed by atoms with van der Waals surface area (Å²) in [5.41, 5.74) is 5.58. The number of esters is 1. The lowest BCUT2D eigenvalue weighted by Crippen LogP contribution is -2.12. The van der Waals surface area contributed by atoms with E-state index in [2.05, 4.69) is 10.2 Å². The van der Waals surface area contributed by atoms with Crippen molar-refractivity contribution in [1.82, 2.24) is 14.8 Å². The van der Waals surface area contributed by atoms with Crippen LogP contribution in [0, 0.1) is 0 Å². The fourth-order valence-electron chi connectivity index (χ4n) is 1.39. The van der Waals surface area contributed by atoms with Crippen molar-refractivity contribution in [1.29, 1.82) is 0 Å². The van der Waals surface area contributed by atoms with Crippen molar-refractivity contribution in [3.8, 4) is 0 Å². The average Bonchev–Trinajstić information content (AvgIpc) is 2.69. The first-order chi connectivity index (χ1) is 8.10. The molecule has 96 valence electrons. The number of hydrogen-bond donors (Lipinski definition) is 1. The number of ether oxygens (including phenoxy) is 1. The Kier molecular flexibility index (Phi) is 5.43. The van der Waals surface area contributed by atoms with Gasteiger partial charge in [0, 0.05) is 6.04 Å². The van der Waals surface area contributed by atoms with E-state index >= 15 is 0 Å². The molecule has 1 aromatic rings. The van der Waals surface area contributed by atoms with Crippen LogP contribution in [-0.4, -0.2) is 33.1 Å². The predicted octanol–water partition coefficient (Wildman–Crippen LogP) is 0.973. The van der Waals surface area contributed by atoms with Crippen molar-refractivity contribution in [3.63, 3.8) is 0 Å². The minimum absolute atomic E-state index is 0.216. The molecule has 0 bridgehead atoms. The molecule has 0 aliphatic carbocycles. The van der Waals surface area contributed by atoms with Crippen molar-refractivity contribution in [2.24, 2.45) is 5.73 Å². The third kappa shape index (κ3) is 3.71. The maximum absolute atomic E-state index is 11.2. The van der Waals surface area contributed by atoms with Crippen LogP contribution in [0.25, 0.3) is 0 Å². The molecule has 0 aliphatic rings. The zero-order valence-electron chi connectivity index (χ0n) is 10.3. The summed E-state index contributed by atoms with van der Waals surface area (Å²) >= 11 is 1.32. The van der Waals surface area contributed by atoms with Gasteiger partial charge in [-0.15, -0.1) is 10.2 Å². The molecule has 2 N–H and O–H groups in total. The lowest BCUT2D eigenvalue weighted by Gasteiger charge is -2.12. The molecule has 0 atom stereocenters. The summed E-state index contributed by atoms with van der Waals surface area (Å²) in [6, 6.07) is 0.216. The van der Waals surface area contributed by atoms with Gasteiger partial charge in [-0.3, -0.25) is 4.79 Å². The number of rotatable bonds is 6. The van der Waals surface area contributed by atoms with Crippen molar-refractivity contribution in [3.05, 3.63) is 5.82 Å². The first kappa shape index (κ1) is 14.0. The zero-order valence-corrected chi connectivity index (χ0v) is 11.2. The van der Waals surface area contributed by atoms with Crippen LogP contribution in [0.1, 0.15) is 32.6 Å². The van der Waals surface area contributed by atoms with Gasteiger partial charge in [0.25, 0.3) is 0 Å². The second-order valence-electron chi connectivity index (χ2n) is 3.66. The highest BCUT2D eigenvalue weighted by atomic mass is 32.2. The van der Waals surface area contributed by atoms with Gasteiger partial charge in [-0.05, 0) is 20.8 Å². The number of carbonyl (C=O) groups excluding carboxylic acids is 1. The highest BCUT2D eigenvalue weighted by Gasteiger charge is 2.15. The topological polar surface area (TPSA) is 83.0 Å². The van der Waals surface area contributed by atoms with Crippen LogP contribution in [-0.2, 0) is 16.1 Å². The number of nitrogens with two attached hydrogens (primary N) is 1. The van der Waals surface area contributed by atoms with E-state index in [0.717, 1.165) is 5.82 Å². The molecule has 0 radical (unpaired) electrons. The Morgan fingerprint density at radius 2 is 2.24 bits per heavy atom. The molecule has 0 aromatic carbocycles. The summed E-state index contributed by atoms with van der Waals surface area (Å²) in [5, 5.41) is 8.73. The van der Waals surface area contributed by atoms with Crippen LogP contribution in [0.2, 0.25) is 0 Å². The van der Waals surface area contributed by atoms with Crippen LogP contribution in [0.3, 0.4) is 0 Å². The molecule has 0 spiro atoms. The van der Waals surface area contributed by atoms with E-state index in [0.29, 0.717) is 18.3 Å². The first-order valence-corrected chi connectivity index (χ1v) is 6.51. The standard InChI is InChI=1S/C10H18N4O2S/c1-4-16-9(15)6-17-10-13-12-8(5-11)14(10)7(2)3/h7H,4-6,11H2,1-3H3. The van der Waals surface area contributed by atoms with E-state index in [9.17, 15) is 4.79 Å². The molecule has 0 aliphatic heterocycles. The van der Waals surface area contributed by atoms with Gasteiger partial charge >= 0.3 is 5.97 Å². The lowest BCUT2D eigenvalue weighted by molar-refractivity contribution is -0.139. The largest absolute Gasteiger partial charge is 0.465 e. The molecule has 7 heteroatoms. The summed E-state index contributed by atoms with van der Waals surface area (Å²) in [7, 11) is 0. The van der Waals surface area contributed by atoms with E-state index in [1.54, 1.807) is 6.92 Å². The molecule has 1 heterocycles. The van der Waals surface area contributed by atoms with Crippen molar-refractivity contribution in [2.45, 2.75) is 38.5 Å². The number of thioether (sulfide) groups is 1. The van der Waals surface area contributed by atoms with Gasteiger partial charge in [-0.2, -0.15) is 0 Å². The second kappa shape index (κ2) is 6.61. The molecule has 0 amide bonds. The van der Waals surface area contributed by atoms with Crippen LogP contribution < -0.4 is 5.73 Å². The van der Waals surface area contributed by atoms with Crippen molar-refractivity contribution < 1.29 is 9.53 Å². The summed E-state index contributed by atoms with van der Waals surface area (Å²) in [6.45, 7) is 6.56. The Bertz CT molecular complexity index is 378. The minimum Gasteiger partial charge on any atom is -0.465 e. The molecule has 1 rings (SSSR count). The SMILES string of the molecule is CCOC(=O)CSc1nnc(CN)n1C(C)C. The summed E-state index contributed by atoms with van der Waals surface area (Å²) < 4.78 is 6.79. The van der Waals surface area contributed by atoms with Gasteiger partial charge < -0.3 is 15.0 Å². The number of aromatic nitrogens is 3. The normalized spacial score (nSPS) is 10.9. The quantitative estimate of drug-likeness (QED) is 0.605. The molecule has 6 nitrogen and oxygen atoms in total. The Morgan fingerprint density at radius 1 is 1.53 bits per heavy atom. The zero-order chi connectivity index (χ0) is 12.8. The second-order valence-corrected chi connectivity index (χ2v) is 4.60. The third-order valence-electron chi connectivity index (χ3n) is 2.06. The van der Waals surface area contributed by atoms with Crippen molar-refractivity contribution >= 4 is 17.7 Å². The van der Waals surface area contributed by atoms with Gasteiger partial charge in [0.1, 0.15) is 5.82 Å². The maximum atomic E-state index is 11.2. The van der Waals surface area contributed by atoms with Crippen LogP contribution >= 0.6 is 11.8 Å². The third-order valence-corrected chi connectivity index (χ3v) is 2.98. The Hall–Kier alpha value is -1.08. The molecule has 0 fully saturated rings. The van der Waals surface area contributed by atoms with E-state index in [1.165, 1.54) is 11.8 Å². The van der Waals surface area contributed by atoms with Gasteiger partial charge in [0.15, 0.2) is 5.16 Å².